The first-order valence-electron chi connectivity index (χ1n) is 7.52. The fraction of sp³-hybridized carbons (Fsp3) is 0.562. The van der Waals surface area contributed by atoms with Crippen molar-refractivity contribution >= 4 is 23.6 Å². The van der Waals surface area contributed by atoms with E-state index >= 15 is 0 Å². The van der Waals surface area contributed by atoms with Gasteiger partial charge in [0.25, 0.3) is 0 Å². The number of halogens is 1. The second kappa shape index (κ2) is 6.15. The molecule has 1 heterocycles. The molecule has 20 heavy (non-hydrogen) atoms. The summed E-state index contributed by atoms with van der Waals surface area (Å²) >= 11 is 6.11. The molecule has 1 saturated heterocycles. The number of piperazine rings is 1. The maximum absolute atomic E-state index is 11.2. The van der Waals surface area contributed by atoms with Crippen molar-refractivity contribution in [3.8, 4) is 0 Å². The third kappa shape index (κ3) is 2.70. The molecule has 1 aliphatic carbocycles. The molecule has 3 nitrogen and oxygen atoms in total. The number of nitrogens with zero attached hydrogens (tertiary/aromatic N) is 2. The summed E-state index contributed by atoms with van der Waals surface area (Å²) in [7, 11) is 0. The van der Waals surface area contributed by atoms with Crippen LogP contribution in [0.15, 0.2) is 18.2 Å². The zero-order valence-corrected chi connectivity index (χ0v) is 12.5. The van der Waals surface area contributed by atoms with Crippen LogP contribution in [0, 0.1) is 0 Å². The van der Waals surface area contributed by atoms with E-state index in [1.165, 1.54) is 25.7 Å². The van der Waals surface area contributed by atoms with Gasteiger partial charge in [0.1, 0.15) is 0 Å². The quantitative estimate of drug-likeness (QED) is 0.799. The first-order chi connectivity index (χ1) is 9.79. The third-order valence-electron chi connectivity index (χ3n) is 4.64. The van der Waals surface area contributed by atoms with E-state index in [1.54, 1.807) is 6.07 Å². The number of carbonyl (C=O) groups excluding carboxylic acids is 1. The summed E-state index contributed by atoms with van der Waals surface area (Å²) in [4.78, 5) is 16.2. The number of carbonyl (C=O) groups is 1. The molecule has 1 aromatic rings. The molecule has 0 atom stereocenters. The number of hydrogen-bond acceptors (Lipinski definition) is 3. The van der Waals surface area contributed by atoms with Crippen molar-refractivity contribution in [1.82, 2.24) is 4.90 Å². The van der Waals surface area contributed by atoms with Crippen LogP contribution in [-0.2, 0) is 0 Å². The Hall–Kier alpha value is -1.06. The molecule has 1 aliphatic heterocycles. The Balaban J connectivity index is 1.68. The highest BCUT2D eigenvalue weighted by atomic mass is 35.5. The smallest absolute Gasteiger partial charge is 0.153 e. The largest absolute Gasteiger partial charge is 0.368 e. The second-order valence-electron chi connectivity index (χ2n) is 5.75. The minimum Gasteiger partial charge on any atom is -0.368 e. The van der Waals surface area contributed by atoms with Crippen LogP contribution in [-0.4, -0.2) is 43.4 Å². The predicted octanol–water partition coefficient (Wildman–Crippen LogP) is 3.22. The van der Waals surface area contributed by atoms with Gasteiger partial charge in [0.2, 0.25) is 0 Å². The monoisotopic (exact) mass is 292 g/mol. The highest BCUT2D eigenvalue weighted by molar-refractivity contribution is 6.33. The van der Waals surface area contributed by atoms with E-state index in [1.807, 2.05) is 12.1 Å². The molecule has 0 N–H and O–H groups in total. The Morgan fingerprint density at radius 2 is 1.80 bits per heavy atom. The molecule has 2 fully saturated rings. The molecule has 0 spiro atoms. The lowest BCUT2D eigenvalue weighted by atomic mass is 10.1. The molecule has 0 amide bonds. The predicted molar refractivity (Wildman–Crippen MR) is 82.9 cm³/mol. The van der Waals surface area contributed by atoms with Crippen molar-refractivity contribution in [1.29, 1.82) is 0 Å². The number of rotatable bonds is 3. The normalized spacial score (nSPS) is 21.4. The van der Waals surface area contributed by atoms with Gasteiger partial charge < -0.3 is 4.90 Å². The van der Waals surface area contributed by atoms with Crippen molar-refractivity contribution in [3.05, 3.63) is 28.8 Å². The lowest BCUT2D eigenvalue weighted by Crippen LogP contribution is -2.50. The fourth-order valence-electron chi connectivity index (χ4n) is 3.52. The maximum atomic E-state index is 11.2. The Kier molecular flexibility index (Phi) is 4.27. The molecule has 2 aliphatic rings. The van der Waals surface area contributed by atoms with E-state index in [0.717, 1.165) is 44.2 Å². The van der Waals surface area contributed by atoms with Gasteiger partial charge in [0.05, 0.1) is 10.6 Å². The molecular weight excluding hydrogens is 272 g/mol. The van der Waals surface area contributed by atoms with E-state index in [4.69, 9.17) is 11.6 Å². The van der Waals surface area contributed by atoms with Crippen LogP contribution in [0.1, 0.15) is 36.0 Å². The second-order valence-corrected chi connectivity index (χ2v) is 6.16. The first-order valence-corrected chi connectivity index (χ1v) is 7.90. The van der Waals surface area contributed by atoms with Gasteiger partial charge in [-0.1, -0.05) is 30.5 Å². The topological polar surface area (TPSA) is 23.6 Å². The van der Waals surface area contributed by atoms with E-state index < -0.39 is 0 Å². The van der Waals surface area contributed by atoms with E-state index in [0.29, 0.717) is 10.6 Å². The number of benzene rings is 1. The van der Waals surface area contributed by atoms with Crippen molar-refractivity contribution in [2.24, 2.45) is 0 Å². The average Bonchev–Trinajstić information content (AvgIpc) is 3.01. The van der Waals surface area contributed by atoms with Crippen LogP contribution in [0.2, 0.25) is 5.02 Å². The van der Waals surface area contributed by atoms with Crippen LogP contribution in [0.5, 0.6) is 0 Å². The third-order valence-corrected chi connectivity index (χ3v) is 4.97. The van der Waals surface area contributed by atoms with Crippen LogP contribution >= 0.6 is 11.6 Å². The summed E-state index contributed by atoms with van der Waals surface area (Å²) in [6.07, 6.45) is 6.36. The molecule has 0 aromatic heterocycles. The van der Waals surface area contributed by atoms with Crippen LogP contribution in [0.25, 0.3) is 0 Å². The summed E-state index contributed by atoms with van der Waals surface area (Å²) in [6, 6.07) is 6.50. The Labute approximate surface area is 125 Å². The van der Waals surface area contributed by atoms with E-state index in [9.17, 15) is 4.79 Å². The number of hydrogen-bond donors (Lipinski definition) is 0. The first kappa shape index (κ1) is 13.9. The summed E-state index contributed by atoms with van der Waals surface area (Å²) < 4.78 is 0. The minimum atomic E-state index is 0.552. The summed E-state index contributed by atoms with van der Waals surface area (Å²) in [5.41, 5.74) is 1.61. The summed E-state index contributed by atoms with van der Waals surface area (Å²) in [5, 5.41) is 0.552. The highest BCUT2D eigenvalue weighted by Gasteiger charge is 2.27. The molecule has 0 bridgehead atoms. The fourth-order valence-corrected chi connectivity index (χ4v) is 3.73. The van der Waals surface area contributed by atoms with Gasteiger partial charge in [-0.25, -0.2) is 0 Å². The van der Waals surface area contributed by atoms with Gasteiger partial charge in [0.15, 0.2) is 6.29 Å². The Bertz CT molecular complexity index is 477. The van der Waals surface area contributed by atoms with Crippen LogP contribution in [0.4, 0.5) is 5.69 Å². The standard InChI is InChI=1S/C16H21ClN2O/c17-15-6-3-7-16(14(15)12-20)19-10-8-18(9-11-19)13-4-1-2-5-13/h3,6-7,12-13H,1-2,4-5,8-11H2. The maximum Gasteiger partial charge on any atom is 0.153 e. The summed E-state index contributed by atoms with van der Waals surface area (Å²) in [5.74, 6) is 0. The number of anilines is 1. The van der Waals surface area contributed by atoms with Crippen molar-refractivity contribution in [2.75, 3.05) is 31.1 Å². The summed E-state index contributed by atoms with van der Waals surface area (Å²) in [6.45, 7) is 4.15. The van der Waals surface area contributed by atoms with Crippen LogP contribution < -0.4 is 4.90 Å². The van der Waals surface area contributed by atoms with Crippen molar-refractivity contribution in [2.45, 2.75) is 31.7 Å². The van der Waals surface area contributed by atoms with Gasteiger partial charge in [-0.2, -0.15) is 0 Å². The van der Waals surface area contributed by atoms with Gasteiger partial charge in [-0.05, 0) is 25.0 Å². The van der Waals surface area contributed by atoms with E-state index in [-0.39, 0.29) is 0 Å². The van der Waals surface area contributed by atoms with Gasteiger partial charge >= 0.3 is 0 Å². The van der Waals surface area contributed by atoms with Crippen LogP contribution in [0.3, 0.4) is 0 Å². The number of aldehydes is 1. The SMILES string of the molecule is O=Cc1c(Cl)cccc1N1CCN(C2CCCC2)CC1. The lowest BCUT2D eigenvalue weighted by Gasteiger charge is -2.39. The lowest BCUT2D eigenvalue weighted by molar-refractivity contribution is 0.112. The zero-order valence-electron chi connectivity index (χ0n) is 11.7. The van der Waals surface area contributed by atoms with Gasteiger partial charge in [-0.3, -0.25) is 9.69 Å². The van der Waals surface area contributed by atoms with Gasteiger partial charge in [-0.15, -0.1) is 0 Å². The zero-order chi connectivity index (χ0) is 13.9. The Morgan fingerprint density at radius 1 is 1.10 bits per heavy atom. The molecule has 0 unspecified atom stereocenters. The average molecular weight is 293 g/mol. The van der Waals surface area contributed by atoms with E-state index in [2.05, 4.69) is 9.80 Å². The highest BCUT2D eigenvalue weighted by Crippen LogP contribution is 2.29. The molecule has 1 aromatic carbocycles. The molecule has 1 saturated carbocycles. The molecule has 3 rings (SSSR count). The molecular formula is C16H21ClN2O. The van der Waals surface area contributed by atoms with Gasteiger partial charge in [0, 0.05) is 37.9 Å². The molecule has 0 radical (unpaired) electrons. The van der Waals surface area contributed by atoms with Crippen molar-refractivity contribution in [3.63, 3.8) is 0 Å². The molecule has 4 heteroatoms. The molecule has 108 valence electrons. The minimum absolute atomic E-state index is 0.552. The van der Waals surface area contributed by atoms with Crippen molar-refractivity contribution < 1.29 is 4.79 Å². The Morgan fingerprint density at radius 3 is 2.45 bits per heavy atom.